The summed E-state index contributed by atoms with van der Waals surface area (Å²) >= 11 is 1.68. The van der Waals surface area contributed by atoms with E-state index in [1.165, 1.54) is 4.90 Å². The Labute approximate surface area is 100 Å². The molecule has 1 aromatic rings. The minimum atomic E-state index is -0.337. The Morgan fingerprint density at radius 3 is 2.75 bits per heavy atom. The second kappa shape index (κ2) is 6.43. The highest BCUT2D eigenvalue weighted by molar-refractivity contribution is 7.98. The second-order valence-electron chi connectivity index (χ2n) is 3.23. The Morgan fingerprint density at radius 2 is 2.19 bits per heavy atom. The third-order valence-electron chi connectivity index (χ3n) is 2.03. The quantitative estimate of drug-likeness (QED) is 0.585. The van der Waals surface area contributed by atoms with Crippen LogP contribution in [0, 0.1) is 6.92 Å². The largest absolute Gasteiger partial charge is 0.482 e. The number of carbonyl (C=O) groups excluding carboxylic acids is 1. The maximum absolute atomic E-state index is 11.1. The molecule has 0 aliphatic carbocycles. The van der Waals surface area contributed by atoms with Crippen molar-refractivity contribution in [2.24, 2.45) is 0 Å². The number of aryl methyl sites for hydroxylation is 1. The van der Waals surface area contributed by atoms with Crippen LogP contribution in [0.1, 0.15) is 12.5 Å². The van der Waals surface area contributed by atoms with Gasteiger partial charge in [-0.2, -0.15) is 0 Å². The number of hydrogen-bond acceptors (Lipinski definition) is 4. The predicted octanol–water partition coefficient (Wildman–Crippen LogP) is 2.66. The zero-order valence-electron chi connectivity index (χ0n) is 9.78. The van der Waals surface area contributed by atoms with Gasteiger partial charge in [-0.1, -0.05) is 0 Å². The van der Waals surface area contributed by atoms with E-state index in [4.69, 9.17) is 9.47 Å². The fraction of sp³-hybridized carbons (Fsp3) is 0.417. The minimum absolute atomic E-state index is 0.0344. The van der Waals surface area contributed by atoms with Gasteiger partial charge in [0.05, 0.1) is 6.61 Å². The molecular weight excluding hydrogens is 224 g/mol. The van der Waals surface area contributed by atoms with Crippen LogP contribution >= 0.6 is 11.8 Å². The minimum Gasteiger partial charge on any atom is -0.482 e. The van der Waals surface area contributed by atoms with Crippen LogP contribution in [0.2, 0.25) is 0 Å². The first-order chi connectivity index (χ1) is 7.67. The molecule has 0 spiro atoms. The standard InChI is InChI=1S/C12H16O3S/c1-4-14-12(13)8-15-11-6-5-10(16-3)7-9(11)2/h5-7H,4,8H2,1-3H3. The summed E-state index contributed by atoms with van der Waals surface area (Å²) in [5.74, 6) is 0.390. The molecule has 0 amide bonds. The van der Waals surface area contributed by atoms with E-state index in [2.05, 4.69) is 0 Å². The molecule has 0 aliphatic rings. The van der Waals surface area contributed by atoms with Crippen LogP contribution in [-0.4, -0.2) is 25.4 Å². The Hall–Kier alpha value is -1.16. The molecule has 0 saturated carbocycles. The highest BCUT2D eigenvalue weighted by Crippen LogP contribution is 2.23. The van der Waals surface area contributed by atoms with Crippen molar-refractivity contribution in [2.45, 2.75) is 18.7 Å². The van der Waals surface area contributed by atoms with E-state index < -0.39 is 0 Å². The molecule has 0 N–H and O–H groups in total. The summed E-state index contributed by atoms with van der Waals surface area (Å²) in [5.41, 5.74) is 1.02. The van der Waals surface area contributed by atoms with Gasteiger partial charge < -0.3 is 9.47 Å². The van der Waals surface area contributed by atoms with E-state index in [1.807, 2.05) is 31.4 Å². The van der Waals surface area contributed by atoms with Gasteiger partial charge in [0.1, 0.15) is 5.75 Å². The molecule has 0 aliphatic heterocycles. The summed E-state index contributed by atoms with van der Waals surface area (Å²) in [4.78, 5) is 12.3. The van der Waals surface area contributed by atoms with E-state index in [1.54, 1.807) is 18.7 Å². The average molecular weight is 240 g/mol. The molecule has 88 valence electrons. The third kappa shape index (κ3) is 3.77. The Balaban J connectivity index is 2.57. The molecule has 4 heteroatoms. The number of benzene rings is 1. The lowest BCUT2D eigenvalue weighted by molar-refractivity contribution is -0.145. The molecule has 3 nitrogen and oxygen atoms in total. The fourth-order valence-corrected chi connectivity index (χ4v) is 1.75. The number of thioether (sulfide) groups is 1. The van der Waals surface area contributed by atoms with Gasteiger partial charge in [0.25, 0.3) is 0 Å². The molecule has 1 rings (SSSR count). The lowest BCUT2D eigenvalue weighted by Gasteiger charge is -2.09. The molecule has 0 unspecified atom stereocenters. The topological polar surface area (TPSA) is 35.5 Å². The molecule has 0 aromatic heterocycles. The van der Waals surface area contributed by atoms with Crippen LogP contribution < -0.4 is 4.74 Å². The maximum atomic E-state index is 11.1. The van der Waals surface area contributed by atoms with Crippen molar-refractivity contribution in [2.75, 3.05) is 19.5 Å². The van der Waals surface area contributed by atoms with E-state index in [-0.39, 0.29) is 12.6 Å². The maximum Gasteiger partial charge on any atom is 0.344 e. The fourth-order valence-electron chi connectivity index (χ4n) is 1.25. The normalized spacial score (nSPS) is 9.94. The molecule has 0 saturated heterocycles. The van der Waals surface area contributed by atoms with Crippen molar-refractivity contribution < 1.29 is 14.3 Å². The van der Waals surface area contributed by atoms with Crippen molar-refractivity contribution >= 4 is 17.7 Å². The number of ether oxygens (including phenoxy) is 2. The Kier molecular flexibility index (Phi) is 5.19. The molecule has 0 heterocycles. The SMILES string of the molecule is CCOC(=O)COc1ccc(SC)cc1C. The van der Waals surface area contributed by atoms with Crippen LogP contribution in [0.4, 0.5) is 0 Å². The summed E-state index contributed by atoms with van der Waals surface area (Å²) in [6.07, 6.45) is 2.02. The summed E-state index contributed by atoms with van der Waals surface area (Å²) in [7, 11) is 0. The molecule has 16 heavy (non-hydrogen) atoms. The second-order valence-corrected chi connectivity index (χ2v) is 4.10. The number of hydrogen-bond donors (Lipinski definition) is 0. The summed E-state index contributed by atoms with van der Waals surface area (Å²) in [6.45, 7) is 4.08. The van der Waals surface area contributed by atoms with Crippen molar-refractivity contribution in [3.63, 3.8) is 0 Å². The summed E-state index contributed by atoms with van der Waals surface area (Å²) < 4.78 is 10.1. The molecule has 1 aromatic carbocycles. The number of rotatable bonds is 5. The first kappa shape index (κ1) is 12.9. The van der Waals surface area contributed by atoms with E-state index in [0.29, 0.717) is 6.61 Å². The summed E-state index contributed by atoms with van der Waals surface area (Å²) in [6, 6.07) is 5.88. The van der Waals surface area contributed by atoms with Crippen molar-refractivity contribution in [1.82, 2.24) is 0 Å². The highest BCUT2D eigenvalue weighted by atomic mass is 32.2. The zero-order chi connectivity index (χ0) is 12.0. The Morgan fingerprint density at radius 1 is 1.44 bits per heavy atom. The molecule has 0 fully saturated rings. The monoisotopic (exact) mass is 240 g/mol. The van der Waals surface area contributed by atoms with Crippen LogP contribution in [-0.2, 0) is 9.53 Å². The first-order valence-corrected chi connectivity index (χ1v) is 6.33. The predicted molar refractivity (Wildman–Crippen MR) is 65.1 cm³/mol. The average Bonchev–Trinajstić information content (AvgIpc) is 2.27. The molecule has 0 bridgehead atoms. The van der Waals surface area contributed by atoms with Gasteiger partial charge in [-0.05, 0) is 43.9 Å². The lowest BCUT2D eigenvalue weighted by atomic mass is 10.2. The van der Waals surface area contributed by atoms with Crippen molar-refractivity contribution in [3.8, 4) is 5.75 Å². The van der Waals surface area contributed by atoms with Gasteiger partial charge in [0.15, 0.2) is 6.61 Å². The number of esters is 1. The lowest BCUT2D eigenvalue weighted by Crippen LogP contribution is -2.14. The molecular formula is C12H16O3S. The summed E-state index contributed by atoms with van der Waals surface area (Å²) in [5, 5.41) is 0. The van der Waals surface area contributed by atoms with E-state index in [9.17, 15) is 4.79 Å². The van der Waals surface area contributed by atoms with Gasteiger partial charge >= 0.3 is 5.97 Å². The highest BCUT2D eigenvalue weighted by Gasteiger charge is 2.05. The third-order valence-corrected chi connectivity index (χ3v) is 2.76. The smallest absolute Gasteiger partial charge is 0.344 e. The zero-order valence-corrected chi connectivity index (χ0v) is 10.6. The van der Waals surface area contributed by atoms with Gasteiger partial charge in [0.2, 0.25) is 0 Å². The van der Waals surface area contributed by atoms with Crippen LogP contribution in [0.3, 0.4) is 0 Å². The number of carbonyl (C=O) groups is 1. The van der Waals surface area contributed by atoms with Crippen LogP contribution in [0.25, 0.3) is 0 Å². The van der Waals surface area contributed by atoms with Crippen LogP contribution in [0.15, 0.2) is 23.1 Å². The molecule has 0 atom stereocenters. The Bertz CT molecular complexity index is 363. The van der Waals surface area contributed by atoms with E-state index >= 15 is 0 Å². The molecule has 0 radical (unpaired) electrons. The van der Waals surface area contributed by atoms with Crippen LogP contribution in [0.5, 0.6) is 5.75 Å². The van der Waals surface area contributed by atoms with Gasteiger partial charge in [-0.25, -0.2) is 4.79 Å². The van der Waals surface area contributed by atoms with Crippen molar-refractivity contribution in [3.05, 3.63) is 23.8 Å². The van der Waals surface area contributed by atoms with Gasteiger partial charge in [-0.15, -0.1) is 11.8 Å². The van der Waals surface area contributed by atoms with E-state index in [0.717, 1.165) is 11.3 Å². The van der Waals surface area contributed by atoms with Gasteiger partial charge in [0, 0.05) is 4.90 Å². The van der Waals surface area contributed by atoms with Crippen molar-refractivity contribution in [1.29, 1.82) is 0 Å². The first-order valence-electron chi connectivity index (χ1n) is 5.10. The van der Waals surface area contributed by atoms with Gasteiger partial charge in [-0.3, -0.25) is 0 Å².